The van der Waals surface area contributed by atoms with Crippen LogP contribution in [-0.4, -0.2) is 15.5 Å². The van der Waals surface area contributed by atoms with Crippen molar-refractivity contribution in [2.75, 3.05) is 0 Å². The number of imidazole rings is 1. The van der Waals surface area contributed by atoms with Crippen LogP contribution in [-0.2, 0) is 6.54 Å². The Labute approximate surface area is 170 Å². The van der Waals surface area contributed by atoms with E-state index < -0.39 is 0 Å². The minimum absolute atomic E-state index is 0.248. The molecule has 1 amide bonds. The Morgan fingerprint density at radius 2 is 1.79 bits per heavy atom. The van der Waals surface area contributed by atoms with Gasteiger partial charge in [0.15, 0.2) is 5.76 Å². The predicted molar refractivity (Wildman–Crippen MR) is 114 cm³/mol. The van der Waals surface area contributed by atoms with Gasteiger partial charge in [-0.2, -0.15) is 0 Å². The molecule has 148 valence electrons. The van der Waals surface area contributed by atoms with Gasteiger partial charge in [-0.15, -0.1) is 0 Å². The molecule has 5 nitrogen and oxygen atoms in total. The number of furan rings is 1. The molecule has 4 rings (SSSR count). The van der Waals surface area contributed by atoms with E-state index in [1.54, 1.807) is 12.1 Å². The number of carbonyl (C=O) groups is 1. The first-order valence-electron chi connectivity index (χ1n) is 9.91. The lowest BCUT2D eigenvalue weighted by Crippen LogP contribution is -2.28. The summed E-state index contributed by atoms with van der Waals surface area (Å²) in [6, 6.07) is 19.8. The summed E-state index contributed by atoms with van der Waals surface area (Å²) < 4.78 is 7.38. The second-order valence-corrected chi connectivity index (χ2v) is 7.61. The van der Waals surface area contributed by atoms with Crippen molar-refractivity contribution in [2.24, 2.45) is 0 Å². The lowest BCUT2D eigenvalue weighted by atomic mass is 10.0. The lowest BCUT2D eigenvalue weighted by molar-refractivity contribution is 0.0909. The zero-order valence-corrected chi connectivity index (χ0v) is 16.9. The molecular weight excluding hydrogens is 362 g/mol. The van der Waals surface area contributed by atoms with E-state index in [0.29, 0.717) is 18.2 Å². The summed E-state index contributed by atoms with van der Waals surface area (Å²) in [5.74, 6) is 1.37. The van der Waals surface area contributed by atoms with Gasteiger partial charge in [-0.05, 0) is 48.2 Å². The SMILES string of the molecule is CC(C)c1ccc(Cn2c(C(C)NC(=O)c3ccco3)nc3ccccc32)cc1. The van der Waals surface area contributed by atoms with Crippen LogP contribution < -0.4 is 5.32 Å². The number of para-hydroxylation sites is 2. The number of carbonyl (C=O) groups excluding carboxylic acids is 1. The molecular formula is C24H25N3O2. The van der Waals surface area contributed by atoms with Gasteiger partial charge in [-0.25, -0.2) is 4.98 Å². The van der Waals surface area contributed by atoms with Gasteiger partial charge >= 0.3 is 0 Å². The van der Waals surface area contributed by atoms with E-state index in [2.05, 4.69) is 54.1 Å². The van der Waals surface area contributed by atoms with Gasteiger partial charge in [0.1, 0.15) is 5.82 Å². The molecule has 1 unspecified atom stereocenters. The van der Waals surface area contributed by atoms with Crippen molar-refractivity contribution in [2.45, 2.75) is 39.3 Å². The topological polar surface area (TPSA) is 60.1 Å². The first-order valence-corrected chi connectivity index (χ1v) is 9.91. The van der Waals surface area contributed by atoms with Crippen molar-refractivity contribution >= 4 is 16.9 Å². The highest BCUT2D eigenvalue weighted by Crippen LogP contribution is 2.23. The quantitative estimate of drug-likeness (QED) is 0.489. The molecule has 0 bridgehead atoms. The highest BCUT2D eigenvalue weighted by Gasteiger charge is 2.20. The van der Waals surface area contributed by atoms with E-state index in [-0.39, 0.29) is 11.9 Å². The number of amides is 1. The van der Waals surface area contributed by atoms with Gasteiger partial charge in [0, 0.05) is 6.54 Å². The fraction of sp³-hybridized carbons (Fsp3) is 0.250. The maximum atomic E-state index is 12.4. The molecule has 0 aliphatic carbocycles. The molecule has 1 N–H and O–H groups in total. The number of nitrogens with one attached hydrogen (secondary N) is 1. The number of benzene rings is 2. The van der Waals surface area contributed by atoms with Crippen molar-refractivity contribution in [1.29, 1.82) is 0 Å². The zero-order valence-electron chi connectivity index (χ0n) is 16.9. The van der Waals surface area contributed by atoms with Crippen LogP contribution in [0.1, 0.15) is 60.2 Å². The Morgan fingerprint density at radius 3 is 2.48 bits per heavy atom. The summed E-state index contributed by atoms with van der Waals surface area (Å²) in [6.45, 7) is 7.02. The van der Waals surface area contributed by atoms with Crippen LogP contribution in [0.4, 0.5) is 0 Å². The first kappa shape index (κ1) is 19.0. The number of hydrogen-bond donors (Lipinski definition) is 1. The normalized spacial score (nSPS) is 12.4. The van der Waals surface area contributed by atoms with E-state index in [1.807, 2.05) is 25.1 Å². The molecule has 0 spiro atoms. The van der Waals surface area contributed by atoms with Crippen LogP contribution in [0.25, 0.3) is 11.0 Å². The zero-order chi connectivity index (χ0) is 20.4. The van der Waals surface area contributed by atoms with Gasteiger partial charge in [0.25, 0.3) is 5.91 Å². The van der Waals surface area contributed by atoms with Gasteiger partial charge in [0.2, 0.25) is 0 Å². The van der Waals surface area contributed by atoms with Gasteiger partial charge in [0.05, 0.1) is 23.3 Å². The second-order valence-electron chi connectivity index (χ2n) is 7.61. The lowest BCUT2D eigenvalue weighted by Gasteiger charge is -2.16. The summed E-state index contributed by atoms with van der Waals surface area (Å²) in [5, 5.41) is 2.99. The Kier molecular flexibility index (Phi) is 5.21. The van der Waals surface area contributed by atoms with E-state index in [4.69, 9.17) is 9.40 Å². The number of hydrogen-bond acceptors (Lipinski definition) is 3. The molecule has 4 aromatic rings. The minimum Gasteiger partial charge on any atom is -0.459 e. The Balaban J connectivity index is 1.66. The molecule has 0 radical (unpaired) electrons. The molecule has 2 aromatic carbocycles. The van der Waals surface area contributed by atoms with Crippen LogP contribution in [0, 0.1) is 0 Å². The molecule has 2 heterocycles. The summed E-state index contributed by atoms with van der Waals surface area (Å²) >= 11 is 0. The molecule has 0 fully saturated rings. The molecule has 0 aliphatic heterocycles. The van der Waals surface area contributed by atoms with Crippen LogP contribution >= 0.6 is 0 Å². The van der Waals surface area contributed by atoms with Crippen LogP contribution in [0.5, 0.6) is 0 Å². The van der Waals surface area contributed by atoms with Crippen molar-refractivity contribution in [3.05, 3.63) is 89.6 Å². The van der Waals surface area contributed by atoms with Crippen molar-refractivity contribution in [3.63, 3.8) is 0 Å². The summed E-state index contributed by atoms with van der Waals surface area (Å²) in [6.07, 6.45) is 1.50. The van der Waals surface area contributed by atoms with Crippen molar-refractivity contribution in [3.8, 4) is 0 Å². The van der Waals surface area contributed by atoms with E-state index in [9.17, 15) is 4.79 Å². The number of nitrogens with zero attached hydrogens (tertiary/aromatic N) is 2. The Morgan fingerprint density at radius 1 is 1.03 bits per heavy atom. The van der Waals surface area contributed by atoms with E-state index in [1.165, 1.54) is 17.4 Å². The standard InChI is InChI=1S/C24H25N3O2/c1-16(2)19-12-10-18(11-13-19)15-27-21-8-5-4-7-20(21)26-23(27)17(3)25-24(28)22-9-6-14-29-22/h4-14,16-17H,15H2,1-3H3,(H,25,28). The Bertz CT molecular complexity index is 1110. The number of aromatic nitrogens is 2. The third-order valence-corrected chi connectivity index (χ3v) is 5.15. The van der Waals surface area contributed by atoms with Gasteiger partial charge < -0.3 is 14.3 Å². The Hall–Kier alpha value is -3.34. The van der Waals surface area contributed by atoms with Crippen molar-refractivity contribution in [1.82, 2.24) is 14.9 Å². The van der Waals surface area contributed by atoms with Crippen LogP contribution in [0.3, 0.4) is 0 Å². The summed E-state index contributed by atoms with van der Waals surface area (Å²) in [4.78, 5) is 17.2. The minimum atomic E-state index is -0.269. The molecule has 0 saturated heterocycles. The predicted octanol–water partition coefficient (Wildman–Crippen LogP) is 5.29. The fourth-order valence-corrected chi connectivity index (χ4v) is 3.52. The third-order valence-electron chi connectivity index (χ3n) is 5.15. The average Bonchev–Trinajstić information content (AvgIpc) is 3.37. The van der Waals surface area contributed by atoms with E-state index in [0.717, 1.165) is 16.9 Å². The smallest absolute Gasteiger partial charge is 0.287 e. The summed E-state index contributed by atoms with van der Waals surface area (Å²) in [5.41, 5.74) is 4.49. The van der Waals surface area contributed by atoms with Crippen molar-refractivity contribution < 1.29 is 9.21 Å². The van der Waals surface area contributed by atoms with Crippen LogP contribution in [0.15, 0.2) is 71.3 Å². The third kappa shape index (κ3) is 3.94. The monoisotopic (exact) mass is 387 g/mol. The summed E-state index contributed by atoms with van der Waals surface area (Å²) in [7, 11) is 0. The molecule has 2 aromatic heterocycles. The molecule has 5 heteroatoms. The molecule has 1 atom stereocenters. The fourth-order valence-electron chi connectivity index (χ4n) is 3.52. The number of fused-ring (bicyclic) bond motifs is 1. The first-order chi connectivity index (χ1) is 14.0. The van der Waals surface area contributed by atoms with Gasteiger partial charge in [-0.1, -0.05) is 50.2 Å². The second kappa shape index (κ2) is 7.95. The maximum absolute atomic E-state index is 12.4. The molecule has 0 saturated carbocycles. The maximum Gasteiger partial charge on any atom is 0.287 e. The number of rotatable bonds is 6. The molecule has 0 aliphatic rings. The highest BCUT2D eigenvalue weighted by molar-refractivity contribution is 5.91. The van der Waals surface area contributed by atoms with E-state index >= 15 is 0 Å². The average molecular weight is 387 g/mol. The highest BCUT2D eigenvalue weighted by atomic mass is 16.3. The molecule has 29 heavy (non-hydrogen) atoms. The largest absolute Gasteiger partial charge is 0.459 e. The van der Waals surface area contributed by atoms with Gasteiger partial charge in [-0.3, -0.25) is 4.79 Å². The van der Waals surface area contributed by atoms with Crippen LogP contribution in [0.2, 0.25) is 0 Å².